The van der Waals surface area contributed by atoms with Crippen LogP contribution in [0.2, 0.25) is 0 Å². The van der Waals surface area contributed by atoms with E-state index in [1.165, 1.54) is 13.5 Å². The lowest BCUT2D eigenvalue weighted by atomic mass is 10.1. The van der Waals surface area contributed by atoms with Crippen LogP contribution in [0, 0.1) is 0 Å². The molecule has 1 heterocycles. The molecular weight excluding hydrogens is 262 g/mol. The first kappa shape index (κ1) is 14.1. The molecule has 1 saturated heterocycles. The van der Waals surface area contributed by atoms with Crippen LogP contribution >= 0.6 is 11.8 Å². The van der Waals surface area contributed by atoms with Crippen LogP contribution in [0.3, 0.4) is 0 Å². The van der Waals surface area contributed by atoms with Gasteiger partial charge in [-0.25, -0.2) is 0 Å². The maximum absolute atomic E-state index is 12.1. The summed E-state index contributed by atoms with van der Waals surface area (Å²) in [5.74, 6) is 1.10. The van der Waals surface area contributed by atoms with Crippen LogP contribution in [0.4, 0.5) is 0 Å². The number of phenols is 1. The SMILES string of the molecule is COc1cccc(C(=O)NCC2(C)CCCS2)c1O. The van der Waals surface area contributed by atoms with Crippen molar-refractivity contribution in [1.29, 1.82) is 0 Å². The number of ether oxygens (including phenoxy) is 1. The molecule has 5 heteroatoms. The fourth-order valence-electron chi connectivity index (χ4n) is 2.21. The number of nitrogens with one attached hydrogen (secondary N) is 1. The second kappa shape index (κ2) is 5.74. The number of benzene rings is 1. The van der Waals surface area contributed by atoms with Crippen LogP contribution in [0.5, 0.6) is 11.5 Å². The molecular formula is C14H19NO3S. The number of carbonyl (C=O) groups is 1. The summed E-state index contributed by atoms with van der Waals surface area (Å²) in [7, 11) is 1.47. The van der Waals surface area contributed by atoms with Gasteiger partial charge in [0.1, 0.15) is 0 Å². The van der Waals surface area contributed by atoms with Crippen molar-refractivity contribution in [1.82, 2.24) is 5.32 Å². The number of aromatic hydroxyl groups is 1. The van der Waals surface area contributed by atoms with Gasteiger partial charge in [-0.1, -0.05) is 6.07 Å². The molecule has 1 fully saturated rings. The smallest absolute Gasteiger partial charge is 0.255 e. The van der Waals surface area contributed by atoms with Crippen molar-refractivity contribution in [3.05, 3.63) is 23.8 Å². The monoisotopic (exact) mass is 281 g/mol. The van der Waals surface area contributed by atoms with Gasteiger partial charge in [0.25, 0.3) is 5.91 Å². The summed E-state index contributed by atoms with van der Waals surface area (Å²) in [6, 6.07) is 4.91. The van der Waals surface area contributed by atoms with E-state index < -0.39 is 0 Å². The molecule has 0 bridgehead atoms. The van der Waals surface area contributed by atoms with Gasteiger partial charge in [-0.2, -0.15) is 11.8 Å². The molecule has 0 spiro atoms. The minimum atomic E-state index is -0.259. The second-order valence-electron chi connectivity index (χ2n) is 4.94. The molecule has 2 rings (SSSR count). The highest BCUT2D eigenvalue weighted by atomic mass is 32.2. The van der Waals surface area contributed by atoms with Crippen molar-refractivity contribution in [3.8, 4) is 11.5 Å². The van der Waals surface area contributed by atoms with E-state index in [0.717, 1.165) is 12.2 Å². The van der Waals surface area contributed by atoms with Gasteiger partial charge in [0.15, 0.2) is 11.5 Å². The maximum Gasteiger partial charge on any atom is 0.255 e. The summed E-state index contributed by atoms with van der Waals surface area (Å²) in [5, 5.41) is 12.8. The fraction of sp³-hybridized carbons (Fsp3) is 0.500. The lowest BCUT2D eigenvalue weighted by Crippen LogP contribution is -2.36. The molecule has 0 aliphatic carbocycles. The third-order valence-corrected chi connectivity index (χ3v) is 4.93. The zero-order valence-corrected chi connectivity index (χ0v) is 12.0. The minimum Gasteiger partial charge on any atom is -0.504 e. The zero-order chi connectivity index (χ0) is 13.9. The van der Waals surface area contributed by atoms with E-state index in [9.17, 15) is 9.90 Å². The molecule has 1 amide bonds. The highest BCUT2D eigenvalue weighted by Crippen LogP contribution is 2.37. The maximum atomic E-state index is 12.1. The first-order valence-corrected chi connectivity index (χ1v) is 7.32. The summed E-state index contributed by atoms with van der Waals surface area (Å²) in [6.45, 7) is 2.78. The van der Waals surface area contributed by atoms with Crippen molar-refractivity contribution in [2.24, 2.45) is 0 Å². The molecule has 104 valence electrons. The van der Waals surface area contributed by atoms with Gasteiger partial charge in [0.05, 0.1) is 12.7 Å². The van der Waals surface area contributed by atoms with Gasteiger partial charge in [-0.05, 0) is 37.7 Å². The predicted molar refractivity (Wildman–Crippen MR) is 77.1 cm³/mol. The van der Waals surface area contributed by atoms with Crippen LogP contribution < -0.4 is 10.1 Å². The van der Waals surface area contributed by atoms with Gasteiger partial charge in [-0.15, -0.1) is 0 Å². The number of rotatable bonds is 4. The lowest BCUT2D eigenvalue weighted by Gasteiger charge is -2.23. The lowest BCUT2D eigenvalue weighted by molar-refractivity contribution is 0.0946. The minimum absolute atomic E-state index is 0.105. The summed E-state index contributed by atoms with van der Waals surface area (Å²) in [6.07, 6.45) is 2.31. The fourth-order valence-corrected chi connectivity index (χ4v) is 3.45. The number of carbonyl (C=O) groups excluding carboxylic acids is 1. The topological polar surface area (TPSA) is 58.6 Å². The Balaban J connectivity index is 2.04. The molecule has 2 N–H and O–H groups in total. The molecule has 0 aromatic heterocycles. The summed E-state index contributed by atoms with van der Waals surface area (Å²) >= 11 is 1.89. The molecule has 1 atom stereocenters. The number of hydrogen-bond donors (Lipinski definition) is 2. The Morgan fingerprint density at radius 2 is 2.37 bits per heavy atom. The molecule has 0 saturated carbocycles. The Bertz CT molecular complexity index is 470. The molecule has 1 aliphatic heterocycles. The van der Waals surface area contributed by atoms with E-state index in [2.05, 4.69) is 12.2 Å². The average Bonchev–Trinajstić information content (AvgIpc) is 2.84. The van der Waals surface area contributed by atoms with E-state index in [-0.39, 0.29) is 22.0 Å². The molecule has 4 nitrogen and oxygen atoms in total. The molecule has 19 heavy (non-hydrogen) atoms. The quantitative estimate of drug-likeness (QED) is 0.890. The van der Waals surface area contributed by atoms with E-state index >= 15 is 0 Å². The van der Waals surface area contributed by atoms with E-state index in [0.29, 0.717) is 12.3 Å². The Morgan fingerprint density at radius 3 is 3.00 bits per heavy atom. The van der Waals surface area contributed by atoms with Crippen molar-refractivity contribution in [2.45, 2.75) is 24.5 Å². The van der Waals surface area contributed by atoms with Crippen LogP contribution in [-0.4, -0.2) is 35.2 Å². The van der Waals surface area contributed by atoms with Crippen molar-refractivity contribution >= 4 is 17.7 Å². The van der Waals surface area contributed by atoms with Gasteiger partial charge < -0.3 is 15.2 Å². The molecule has 1 unspecified atom stereocenters. The molecule has 1 aliphatic rings. The van der Waals surface area contributed by atoms with E-state index in [4.69, 9.17) is 4.74 Å². The Labute approximate surface area is 117 Å². The third kappa shape index (κ3) is 3.15. The summed E-state index contributed by atoms with van der Waals surface area (Å²) in [4.78, 5) is 12.1. The number of thioether (sulfide) groups is 1. The Kier molecular flexibility index (Phi) is 4.24. The zero-order valence-electron chi connectivity index (χ0n) is 11.2. The van der Waals surface area contributed by atoms with Crippen molar-refractivity contribution in [3.63, 3.8) is 0 Å². The first-order valence-electron chi connectivity index (χ1n) is 6.34. The Morgan fingerprint density at radius 1 is 1.58 bits per heavy atom. The van der Waals surface area contributed by atoms with Crippen LogP contribution in [0.15, 0.2) is 18.2 Å². The highest BCUT2D eigenvalue weighted by molar-refractivity contribution is 8.00. The van der Waals surface area contributed by atoms with Gasteiger partial charge >= 0.3 is 0 Å². The van der Waals surface area contributed by atoms with Gasteiger partial charge in [-0.3, -0.25) is 4.79 Å². The Hall–Kier alpha value is -1.36. The molecule has 1 aromatic carbocycles. The van der Waals surface area contributed by atoms with Crippen LogP contribution in [-0.2, 0) is 0 Å². The van der Waals surface area contributed by atoms with E-state index in [1.54, 1.807) is 18.2 Å². The summed E-state index contributed by atoms with van der Waals surface area (Å²) < 4.78 is 5.11. The van der Waals surface area contributed by atoms with Crippen LogP contribution in [0.25, 0.3) is 0 Å². The van der Waals surface area contributed by atoms with Crippen LogP contribution in [0.1, 0.15) is 30.1 Å². The third-order valence-electron chi connectivity index (χ3n) is 3.39. The first-order chi connectivity index (χ1) is 9.06. The average molecular weight is 281 g/mol. The van der Waals surface area contributed by atoms with Gasteiger partial charge in [0.2, 0.25) is 0 Å². The second-order valence-corrected chi connectivity index (χ2v) is 6.62. The number of amides is 1. The van der Waals surface area contributed by atoms with Crippen molar-refractivity contribution in [2.75, 3.05) is 19.4 Å². The number of para-hydroxylation sites is 1. The van der Waals surface area contributed by atoms with Gasteiger partial charge in [0, 0.05) is 11.3 Å². The van der Waals surface area contributed by atoms with E-state index in [1.807, 2.05) is 11.8 Å². The summed E-state index contributed by atoms with van der Waals surface area (Å²) in [5.41, 5.74) is 0.256. The number of hydrogen-bond acceptors (Lipinski definition) is 4. The predicted octanol–water partition coefficient (Wildman–Crippen LogP) is 2.42. The van der Waals surface area contributed by atoms with Crippen molar-refractivity contribution < 1.29 is 14.6 Å². The standard InChI is InChI=1S/C14H19NO3S/c1-14(7-4-8-19-14)9-15-13(17)10-5-3-6-11(18-2)12(10)16/h3,5-6,16H,4,7-9H2,1-2H3,(H,15,17). The molecule has 0 radical (unpaired) electrons. The molecule has 1 aromatic rings. The number of methoxy groups -OCH3 is 1. The highest BCUT2D eigenvalue weighted by Gasteiger charge is 2.30. The normalized spacial score (nSPS) is 22.2. The number of phenolic OH excluding ortho intramolecular Hbond substituents is 1. The largest absolute Gasteiger partial charge is 0.504 e.